The molecule has 0 bridgehead atoms. The number of pyridine rings is 2. The first-order valence-corrected chi connectivity index (χ1v) is 5.75. The van der Waals surface area contributed by atoms with Gasteiger partial charge >= 0.3 is 0 Å². The Balaban J connectivity index is 1.93. The maximum absolute atomic E-state index is 4.37. The van der Waals surface area contributed by atoms with Crippen molar-refractivity contribution in [3.63, 3.8) is 0 Å². The van der Waals surface area contributed by atoms with Gasteiger partial charge in [0.1, 0.15) is 5.69 Å². The van der Waals surface area contributed by atoms with Gasteiger partial charge in [-0.05, 0) is 29.8 Å². The zero-order valence-corrected chi connectivity index (χ0v) is 9.77. The third kappa shape index (κ3) is 2.13. The van der Waals surface area contributed by atoms with Crippen molar-refractivity contribution in [2.45, 2.75) is 6.54 Å². The molecule has 3 aromatic heterocycles. The Bertz CT molecular complexity index is 617. The Labute approximate surface area is 105 Å². The second-order valence-electron chi connectivity index (χ2n) is 3.95. The average Bonchev–Trinajstić information content (AvgIpc) is 2.89. The first-order chi connectivity index (χ1) is 8.93. The SMILES string of the molecule is c1ccc(-c2nccn2Cc2ccncc2)nc1. The fourth-order valence-corrected chi connectivity index (χ4v) is 1.85. The summed E-state index contributed by atoms with van der Waals surface area (Å²) in [6, 6.07) is 9.84. The topological polar surface area (TPSA) is 43.6 Å². The van der Waals surface area contributed by atoms with Crippen molar-refractivity contribution >= 4 is 0 Å². The summed E-state index contributed by atoms with van der Waals surface area (Å²) in [7, 11) is 0. The highest BCUT2D eigenvalue weighted by Crippen LogP contribution is 2.15. The zero-order chi connectivity index (χ0) is 12.2. The van der Waals surface area contributed by atoms with Crippen LogP contribution in [0.4, 0.5) is 0 Å². The molecule has 0 amide bonds. The molecule has 0 aliphatic heterocycles. The third-order valence-corrected chi connectivity index (χ3v) is 2.71. The maximum Gasteiger partial charge on any atom is 0.158 e. The Morgan fingerprint density at radius 2 is 1.78 bits per heavy atom. The maximum atomic E-state index is 4.37. The summed E-state index contributed by atoms with van der Waals surface area (Å²) >= 11 is 0. The van der Waals surface area contributed by atoms with E-state index < -0.39 is 0 Å². The number of rotatable bonds is 3. The van der Waals surface area contributed by atoms with Crippen LogP contribution in [0.15, 0.2) is 61.3 Å². The van der Waals surface area contributed by atoms with Gasteiger partial charge < -0.3 is 4.57 Å². The van der Waals surface area contributed by atoms with Crippen LogP contribution in [0, 0.1) is 0 Å². The molecule has 0 spiro atoms. The molecule has 0 aliphatic rings. The fourth-order valence-electron chi connectivity index (χ4n) is 1.85. The van der Waals surface area contributed by atoms with E-state index in [4.69, 9.17) is 0 Å². The minimum Gasteiger partial charge on any atom is -0.325 e. The summed E-state index contributed by atoms with van der Waals surface area (Å²) in [4.78, 5) is 12.7. The standard InChI is InChI=1S/C14H12N4/c1-2-6-16-13(3-1)14-17-9-10-18(14)11-12-4-7-15-8-5-12/h1-10H,11H2. The molecule has 0 radical (unpaired) electrons. The van der Waals surface area contributed by atoms with Crippen LogP contribution in [0.25, 0.3) is 11.5 Å². The highest BCUT2D eigenvalue weighted by molar-refractivity contribution is 5.49. The van der Waals surface area contributed by atoms with Crippen molar-refractivity contribution in [3.05, 3.63) is 66.9 Å². The average molecular weight is 236 g/mol. The molecule has 0 saturated heterocycles. The molecule has 0 unspecified atom stereocenters. The molecule has 4 nitrogen and oxygen atoms in total. The summed E-state index contributed by atoms with van der Waals surface area (Å²) in [5.41, 5.74) is 2.08. The molecule has 0 aliphatic carbocycles. The second-order valence-corrected chi connectivity index (χ2v) is 3.95. The summed E-state index contributed by atoms with van der Waals surface area (Å²) in [6.07, 6.45) is 9.13. The summed E-state index contributed by atoms with van der Waals surface area (Å²) in [5, 5.41) is 0. The molecule has 88 valence electrons. The molecular weight excluding hydrogens is 224 g/mol. The highest BCUT2D eigenvalue weighted by Gasteiger charge is 2.06. The first-order valence-electron chi connectivity index (χ1n) is 5.75. The van der Waals surface area contributed by atoms with Crippen LogP contribution in [-0.4, -0.2) is 19.5 Å². The largest absolute Gasteiger partial charge is 0.325 e. The lowest BCUT2D eigenvalue weighted by atomic mass is 10.2. The Hall–Kier alpha value is -2.49. The van der Waals surface area contributed by atoms with Crippen LogP contribution < -0.4 is 0 Å². The van der Waals surface area contributed by atoms with Gasteiger partial charge in [0.25, 0.3) is 0 Å². The first kappa shape index (κ1) is 10.7. The van der Waals surface area contributed by atoms with Crippen molar-refractivity contribution in [2.75, 3.05) is 0 Å². The Kier molecular flexibility index (Phi) is 2.84. The lowest BCUT2D eigenvalue weighted by Gasteiger charge is -2.07. The van der Waals surface area contributed by atoms with Gasteiger partial charge in [0.15, 0.2) is 5.82 Å². The lowest BCUT2D eigenvalue weighted by Crippen LogP contribution is -2.01. The summed E-state index contributed by atoms with van der Waals surface area (Å²) in [5.74, 6) is 0.882. The van der Waals surface area contributed by atoms with Gasteiger partial charge in [0, 0.05) is 37.5 Å². The zero-order valence-electron chi connectivity index (χ0n) is 9.77. The van der Waals surface area contributed by atoms with Gasteiger partial charge in [-0.3, -0.25) is 9.97 Å². The van der Waals surface area contributed by atoms with Crippen molar-refractivity contribution in [3.8, 4) is 11.5 Å². The van der Waals surface area contributed by atoms with Crippen molar-refractivity contribution < 1.29 is 0 Å². The third-order valence-electron chi connectivity index (χ3n) is 2.71. The Morgan fingerprint density at radius 3 is 2.56 bits per heavy atom. The molecular formula is C14H12N4. The van der Waals surface area contributed by atoms with E-state index in [1.807, 2.05) is 36.5 Å². The van der Waals surface area contributed by atoms with Crippen LogP contribution in [0.1, 0.15) is 5.56 Å². The van der Waals surface area contributed by atoms with Crippen molar-refractivity contribution in [2.24, 2.45) is 0 Å². The predicted octanol–water partition coefficient (Wildman–Crippen LogP) is 2.39. The molecule has 0 aromatic carbocycles. The number of hydrogen-bond donors (Lipinski definition) is 0. The van der Waals surface area contributed by atoms with E-state index in [0.717, 1.165) is 18.1 Å². The van der Waals surface area contributed by atoms with E-state index in [1.165, 1.54) is 5.56 Å². The number of hydrogen-bond acceptors (Lipinski definition) is 3. The predicted molar refractivity (Wildman–Crippen MR) is 68.8 cm³/mol. The molecule has 18 heavy (non-hydrogen) atoms. The number of nitrogens with zero attached hydrogens (tertiary/aromatic N) is 4. The quantitative estimate of drug-likeness (QED) is 0.701. The van der Waals surface area contributed by atoms with Crippen molar-refractivity contribution in [1.82, 2.24) is 19.5 Å². The van der Waals surface area contributed by atoms with Crippen LogP contribution in [0.3, 0.4) is 0 Å². The number of aromatic nitrogens is 4. The minimum absolute atomic E-state index is 0.772. The fraction of sp³-hybridized carbons (Fsp3) is 0.0714. The van der Waals surface area contributed by atoms with Crippen LogP contribution in [0.5, 0.6) is 0 Å². The van der Waals surface area contributed by atoms with E-state index in [9.17, 15) is 0 Å². The molecule has 3 rings (SSSR count). The molecule has 0 fully saturated rings. The second kappa shape index (κ2) is 4.79. The molecule has 0 saturated carbocycles. The molecule has 4 heteroatoms. The van der Waals surface area contributed by atoms with Crippen LogP contribution >= 0.6 is 0 Å². The van der Waals surface area contributed by atoms with Gasteiger partial charge in [-0.25, -0.2) is 4.98 Å². The minimum atomic E-state index is 0.772. The van der Waals surface area contributed by atoms with E-state index in [1.54, 1.807) is 24.8 Å². The summed E-state index contributed by atoms with van der Waals surface area (Å²) < 4.78 is 2.08. The molecule has 0 atom stereocenters. The summed E-state index contributed by atoms with van der Waals surface area (Å²) in [6.45, 7) is 0.772. The van der Waals surface area contributed by atoms with E-state index in [2.05, 4.69) is 19.5 Å². The van der Waals surface area contributed by atoms with Crippen LogP contribution in [-0.2, 0) is 6.54 Å². The Morgan fingerprint density at radius 1 is 0.889 bits per heavy atom. The molecule has 0 N–H and O–H groups in total. The van der Waals surface area contributed by atoms with Gasteiger partial charge in [-0.15, -0.1) is 0 Å². The lowest BCUT2D eigenvalue weighted by molar-refractivity contribution is 0.802. The van der Waals surface area contributed by atoms with Gasteiger partial charge in [0.05, 0.1) is 0 Å². The smallest absolute Gasteiger partial charge is 0.158 e. The van der Waals surface area contributed by atoms with E-state index in [0.29, 0.717) is 0 Å². The van der Waals surface area contributed by atoms with E-state index >= 15 is 0 Å². The van der Waals surface area contributed by atoms with Gasteiger partial charge in [-0.1, -0.05) is 6.07 Å². The highest BCUT2D eigenvalue weighted by atomic mass is 15.1. The number of imidazole rings is 1. The van der Waals surface area contributed by atoms with Crippen molar-refractivity contribution in [1.29, 1.82) is 0 Å². The van der Waals surface area contributed by atoms with Gasteiger partial charge in [0.2, 0.25) is 0 Å². The van der Waals surface area contributed by atoms with Crippen LogP contribution in [0.2, 0.25) is 0 Å². The molecule has 3 aromatic rings. The molecule has 3 heterocycles. The monoisotopic (exact) mass is 236 g/mol. The normalized spacial score (nSPS) is 10.4. The van der Waals surface area contributed by atoms with E-state index in [-0.39, 0.29) is 0 Å². The van der Waals surface area contributed by atoms with Gasteiger partial charge in [-0.2, -0.15) is 0 Å².